The predicted molar refractivity (Wildman–Crippen MR) is 56.0 cm³/mol. The normalized spacial score (nSPS) is 21.1. The molecule has 1 N–H and O–H groups in total. The van der Waals surface area contributed by atoms with E-state index in [9.17, 15) is 0 Å². The Kier molecular flexibility index (Phi) is 2.89. The zero-order valence-corrected chi connectivity index (χ0v) is 8.84. The molecule has 14 heavy (non-hydrogen) atoms. The third kappa shape index (κ3) is 1.83. The SMILES string of the molecule is COc1nc(Cl)ccc1C1CCNC1. The van der Waals surface area contributed by atoms with Gasteiger partial charge in [-0.2, -0.15) is 0 Å². The number of hydrogen-bond acceptors (Lipinski definition) is 3. The molecule has 76 valence electrons. The molecule has 4 heteroatoms. The summed E-state index contributed by atoms with van der Waals surface area (Å²) in [5.41, 5.74) is 1.15. The minimum absolute atomic E-state index is 0.483. The summed E-state index contributed by atoms with van der Waals surface area (Å²) in [5.74, 6) is 1.17. The van der Waals surface area contributed by atoms with Crippen molar-refractivity contribution in [3.8, 4) is 5.88 Å². The Morgan fingerprint density at radius 1 is 1.57 bits per heavy atom. The van der Waals surface area contributed by atoms with Crippen molar-refractivity contribution in [2.75, 3.05) is 20.2 Å². The van der Waals surface area contributed by atoms with Gasteiger partial charge < -0.3 is 10.1 Å². The molecule has 1 aliphatic heterocycles. The number of nitrogens with zero attached hydrogens (tertiary/aromatic N) is 1. The molecule has 0 radical (unpaired) electrons. The summed E-state index contributed by atoms with van der Waals surface area (Å²) < 4.78 is 5.22. The van der Waals surface area contributed by atoms with Crippen LogP contribution in [0.5, 0.6) is 5.88 Å². The van der Waals surface area contributed by atoms with E-state index in [1.54, 1.807) is 7.11 Å². The van der Waals surface area contributed by atoms with Crippen LogP contribution in [0.2, 0.25) is 5.15 Å². The van der Waals surface area contributed by atoms with Crippen LogP contribution < -0.4 is 10.1 Å². The first-order valence-electron chi connectivity index (χ1n) is 4.72. The van der Waals surface area contributed by atoms with Crippen molar-refractivity contribution in [2.24, 2.45) is 0 Å². The van der Waals surface area contributed by atoms with Crippen molar-refractivity contribution in [3.05, 3.63) is 22.8 Å². The minimum atomic E-state index is 0.483. The van der Waals surface area contributed by atoms with Crippen molar-refractivity contribution in [1.29, 1.82) is 0 Å². The first-order valence-corrected chi connectivity index (χ1v) is 5.10. The maximum atomic E-state index is 5.80. The molecule has 1 aromatic heterocycles. The molecule has 0 aromatic carbocycles. The number of halogens is 1. The molecule has 1 aliphatic rings. The van der Waals surface area contributed by atoms with E-state index in [1.807, 2.05) is 12.1 Å². The van der Waals surface area contributed by atoms with Crippen molar-refractivity contribution < 1.29 is 4.74 Å². The third-order valence-electron chi connectivity index (χ3n) is 2.55. The van der Waals surface area contributed by atoms with Gasteiger partial charge in [-0.15, -0.1) is 0 Å². The second-order valence-corrected chi connectivity index (χ2v) is 3.81. The molecule has 0 aliphatic carbocycles. The summed E-state index contributed by atoms with van der Waals surface area (Å²) in [6, 6.07) is 3.82. The molecule has 0 amide bonds. The van der Waals surface area contributed by atoms with Crippen LogP contribution in [0.25, 0.3) is 0 Å². The van der Waals surface area contributed by atoms with Gasteiger partial charge in [0, 0.05) is 18.0 Å². The fraction of sp³-hybridized carbons (Fsp3) is 0.500. The topological polar surface area (TPSA) is 34.1 Å². The maximum Gasteiger partial charge on any atom is 0.218 e. The van der Waals surface area contributed by atoms with Crippen LogP contribution in [0, 0.1) is 0 Å². The van der Waals surface area contributed by atoms with E-state index in [4.69, 9.17) is 16.3 Å². The minimum Gasteiger partial charge on any atom is -0.481 e. The second-order valence-electron chi connectivity index (χ2n) is 3.42. The van der Waals surface area contributed by atoms with Gasteiger partial charge in [0.05, 0.1) is 7.11 Å². The van der Waals surface area contributed by atoms with Gasteiger partial charge in [-0.05, 0) is 19.0 Å². The summed E-state index contributed by atoms with van der Waals surface area (Å²) >= 11 is 5.80. The van der Waals surface area contributed by atoms with Crippen molar-refractivity contribution in [1.82, 2.24) is 10.3 Å². The fourth-order valence-corrected chi connectivity index (χ4v) is 1.96. The van der Waals surface area contributed by atoms with Gasteiger partial charge in [0.15, 0.2) is 0 Å². The van der Waals surface area contributed by atoms with Crippen molar-refractivity contribution in [2.45, 2.75) is 12.3 Å². The van der Waals surface area contributed by atoms with Crippen molar-refractivity contribution in [3.63, 3.8) is 0 Å². The van der Waals surface area contributed by atoms with Crippen LogP contribution in [0.3, 0.4) is 0 Å². The Hall–Kier alpha value is -0.800. The smallest absolute Gasteiger partial charge is 0.218 e. The van der Waals surface area contributed by atoms with E-state index in [1.165, 1.54) is 0 Å². The molecule has 0 bridgehead atoms. The van der Waals surface area contributed by atoms with E-state index in [-0.39, 0.29) is 0 Å². The highest BCUT2D eigenvalue weighted by atomic mass is 35.5. The van der Waals surface area contributed by atoms with Crippen LogP contribution >= 0.6 is 11.6 Å². The lowest BCUT2D eigenvalue weighted by Gasteiger charge is -2.12. The lowest BCUT2D eigenvalue weighted by molar-refractivity contribution is 0.389. The molecular weight excluding hydrogens is 200 g/mol. The maximum absolute atomic E-state index is 5.80. The van der Waals surface area contributed by atoms with Gasteiger partial charge in [0.2, 0.25) is 5.88 Å². The van der Waals surface area contributed by atoms with Crippen LogP contribution in [-0.2, 0) is 0 Å². The third-order valence-corrected chi connectivity index (χ3v) is 2.76. The molecule has 2 heterocycles. The molecular formula is C10H13ClN2O. The molecule has 1 unspecified atom stereocenters. The zero-order valence-electron chi connectivity index (χ0n) is 8.09. The van der Waals surface area contributed by atoms with E-state index < -0.39 is 0 Å². The lowest BCUT2D eigenvalue weighted by atomic mass is 10.00. The van der Waals surface area contributed by atoms with Crippen molar-refractivity contribution >= 4 is 11.6 Å². The molecule has 0 saturated carbocycles. The summed E-state index contributed by atoms with van der Waals surface area (Å²) in [5, 5.41) is 3.80. The number of rotatable bonds is 2. The highest BCUT2D eigenvalue weighted by Crippen LogP contribution is 2.30. The Labute approximate surface area is 88.4 Å². The molecule has 3 nitrogen and oxygen atoms in total. The largest absolute Gasteiger partial charge is 0.481 e. The molecule has 2 rings (SSSR count). The molecule has 1 saturated heterocycles. The number of aromatic nitrogens is 1. The van der Waals surface area contributed by atoms with Gasteiger partial charge in [-0.1, -0.05) is 17.7 Å². The van der Waals surface area contributed by atoms with Crippen LogP contribution in [0.15, 0.2) is 12.1 Å². The van der Waals surface area contributed by atoms with E-state index >= 15 is 0 Å². The quantitative estimate of drug-likeness (QED) is 0.760. The highest BCUT2D eigenvalue weighted by Gasteiger charge is 2.20. The van der Waals surface area contributed by atoms with Gasteiger partial charge in [0.25, 0.3) is 0 Å². The second kappa shape index (κ2) is 4.15. The molecule has 0 spiro atoms. The van der Waals surface area contributed by atoms with Crippen LogP contribution in [0.4, 0.5) is 0 Å². The van der Waals surface area contributed by atoms with Gasteiger partial charge in [0.1, 0.15) is 5.15 Å². The number of nitrogens with one attached hydrogen (secondary N) is 1. The molecule has 1 atom stereocenters. The van der Waals surface area contributed by atoms with Gasteiger partial charge in [-0.25, -0.2) is 4.98 Å². The van der Waals surface area contributed by atoms with E-state index in [0.29, 0.717) is 17.0 Å². The lowest BCUT2D eigenvalue weighted by Crippen LogP contribution is -2.09. The van der Waals surface area contributed by atoms with Crippen LogP contribution in [0.1, 0.15) is 17.9 Å². The average molecular weight is 213 g/mol. The number of ether oxygens (including phenoxy) is 1. The summed E-state index contributed by atoms with van der Waals surface area (Å²) in [4.78, 5) is 4.15. The Balaban J connectivity index is 2.31. The average Bonchev–Trinajstić information content (AvgIpc) is 2.70. The Morgan fingerprint density at radius 2 is 2.43 bits per heavy atom. The zero-order chi connectivity index (χ0) is 9.97. The van der Waals surface area contributed by atoms with E-state index in [0.717, 1.165) is 25.1 Å². The first kappa shape index (κ1) is 9.74. The first-order chi connectivity index (χ1) is 6.81. The number of hydrogen-bond donors (Lipinski definition) is 1. The Bertz CT molecular complexity index is 324. The highest BCUT2D eigenvalue weighted by molar-refractivity contribution is 6.29. The van der Waals surface area contributed by atoms with Gasteiger partial charge in [-0.3, -0.25) is 0 Å². The molecule has 1 aromatic rings. The predicted octanol–water partition coefficient (Wildman–Crippen LogP) is 1.82. The van der Waals surface area contributed by atoms with Crippen LogP contribution in [-0.4, -0.2) is 25.2 Å². The monoisotopic (exact) mass is 212 g/mol. The number of methoxy groups -OCH3 is 1. The standard InChI is InChI=1S/C10H13ClN2O/c1-14-10-8(2-3-9(11)13-10)7-4-5-12-6-7/h2-3,7,12H,4-6H2,1H3. The summed E-state index contributed by atoms with van der Waals surface area (Å²) in [6.45, 7) is 2.07. The van der Waals surface area contributed by atoms with E-state index in [2.05, 4.69) is 10.3 Å². The fourth-order valence-electron chi connectivity index (χ4n) is 1.82. The summed E-state index contributed by atoms with van der Waals surface area (Å²) in [6.07, 6.45) is 1.14. The van der Waals surface area contributed by atoms with Gasteiger partial charge >= 0.3 is 0 Å². The summed E-state index contributed by atoms with van der Waals surface area (Å²) in [7, 11) is 1.63. The number of pyridine rings is 1. The molecule has 1 fully saturated rings. The Morgan fingerprint density at radius 3 is 3.07 bits per heavy atom.